The van der Waals surface area contributed by atoms with Crippen LogP contribution in [-0.2, 0) is 0 Å². The van der Waals surface area contributed by atoms with Gasteiger partial charge < -0.3 is 5.73 Å². The zero-order valence-electron chi connectivity index (χ0n) is 8.37. The third-order valence-electron chi connectivity index (χ3n) is 2.15. The Hall–Kier alpha value is -0.540. The zero-order valence-corrected chi connectivity index (χ0v) is 9.19. The molecule has 72 valence electrons. The smallest absolute Gasteiger partial charge is 0.0960 e. The molecule has 0 amide bonds. The van der Waals surface area contributed by atoms with Gasteiger partial charge in [0.15, 0.2) is 0 Å². The normalized spacial score (nSPS) is 12.9. The Morgan fingerprint density at radius 3 is 2.69 bits per heavy atom. The van der Waals surface area contributed by atoms with Gasteiger partial charge in [-0.25, -0.2) is 4.98 Å². The van der Waals surface area contributed by atoms with Crippen LogP contribution in [0.4, 0.5) is 0 Å². The predicted octanol–water partition coefficient (Wildman–Crippen LogP) is 2.52. The molecule has 0 saturated heterocycles. The van der Waals surface area contributed by atoms with Gasteiger partial charge in [0.05, 0.1) is 5.03 Å². The van der Waals surface area contributed by atoms with E-state index in [2.05, 4.69) is 18.0 Å². The van der Waals surface area contributed by atoms with Crippen molar-refractivity contribution in [2.75, 3.05) is 6.26 Å². The first kappa shape index (κ1) is 10.5. The zero-order chi connectivity index (χ0) is 9.84. The monoisotopic (exact) mass is 196 g/mol. The van der Waals surface area contributed by atoms with Crippen molar-refractivity contribution in [1.82, 2.24) is 4.98 Å². The molecule has 3 heteroatoms. The fraction of sp³-hybridized carbons (Fsp3) is 0.500. The number of thioether (sulfide) groups is 1. The highest BCUT2D eigenvalue weighted by molar-refractivity contribution is 7.98. The van der Waals surface area contributed by atoms with Crippen molar-refractivity contribution in [2.24, 2.45) is 5.73 Å². The van der Waals surface area contributed by atoms with Gasteiger partial charge in [-0.2, -0.15) is 0 Å². The van der Waals surface area contributed by atoms with Gasteiger partial charge in [0.25, 0.3) is 0 Å². The molecule has 0 spiro atoms. The lowest BCUT2D eigenvalue weighted by molar-refractivity contribution is 0.686. The van der Waals surface area contributed by atoms with Gasteiger partial charge in [-0.3, -0.25) is 0 Å². The molecule has 0 saturated carbocycles. The second-order valence-electron chi connectivity index (χ2n) is 3.04. The van der Waals surface area contributed by atoms with Crippen LogP contribution < -0.4 is 5.73 Å². The first-order valence-corrected chi connectivity index (χ1v) is 5.68. The molecule has 1 atom stereocenters. The molecule has 0 aliphatic heterocycles. The molecule has 0 aliphatic rings. The van der Waals surface area contributed by atoms with Crippen LogP contribution in [0.25, 0.3) is 0 Å². The van der Waals surface area contributed by atoms with Gasteiger partial charge in [0.2, 0.25) is 0 Å². The third-order valence-corrected chi connectivity index (χ3v) is 2.80. The number of aryl methyl sites for hydroxylation is 1. The summed E-state index contributed by atoms with van der Waals surface area (Å²) < 4.78 is 0. The predicted molar refractivity (Wildman–Crippen MR) is 58.0 cm³/mol. The minimum atomic E-state index is 0.128. The van der Waals surface area contributed by atoms with E-state index < -0.39 is 0 Å². The molecule has 2 N–H and O–H groups in total. The standard InChI is InChI=1S/C10H16N2S/c1-4-9(11)8-5-6-10(13-3)12-7(8)2/h5-6,9H,4,11H2,1-3H3/t9-/m1/s1. The van der Waals surface area contributed by atoms with Crippen LogP contribution in [0.15, 0.2) is 17.2 Å². The summed E-state index contributed by atoms with van der Waals surface area (Å²) in [6.45, 7) is 4.11. The molecule has 2 nitrogen and oxygen atoms in total. The maximum atomic E-state index is 5.94. The van der Waals surface area contributed by atoms with E-state index in [1.54, 1.807) is 11.8 Å². The van der Waals surface area contributed by atoms with Gasteiger partial charge in [0, 0.05) is 11.7 Å². The molecule has 0 unspecified atom stereocenters. The molecule has 1 aromatic heterocycles. The summed E-state index contributed by atoms with van der Waals surface area (Å²) in [6, 6.07) is 4.24. The first-order chi connectivity index (χ1) is 6.19. The van der Waals surface area contributed by atoms with Crippen molar-refractivity contribution in [2.45, 2.75) is 31.3 Å². The fourth-order valence-electron chi connectivity index (χ4n) is 1.27. The maximum absolute atomic E-state index is 5.94. The van der Waals surface area contributed by atoms with E-state index in [0.717, 1.165) is 17.1 Å². The molecule has 1 rings (SSSR count). The van der Waals surface area contributed by atoms with E-state index in [1.807, 2.05) is 19.2 Å². The summed E-state index contributed by atoms with van der Waals surface area (Å²) in [5.41, 5.74) is 8.16. The van der Waals surface area contributed by atoms with Gasteiger partial charge in [-0.15, -0.1) is 11.8 Å². The molecule has 1 aromatic rings. The number of hydrogen-bond acceptors (Lipinski definition) is 3. The van der Waals surface area contributed by atoms with Crippen molar-refractivity contribution < 1.29 is 0 Å². The molecular formula is C10H16N2S. The average Bonchev–Trinajstić information content (AvgIpc) is 2.16. The van der Waals surface area contributed by atoms with Crippen molar-refractivity contribution >= 4 is 11.8 Å². The Morgan fingerprint density at radius 2 is 2.23 bits per heavy atom. The largest absolute Gasteiger partial charge is 0.324 e. The highest BCUT2D eigenvalue weighted by Gasteiger charge is 2.07. The lowest BCUT2D eigenvalue weighted by atomic mass is 10.0. The molecule has 0 radical (unpaired) electrons. The van der Waals surface area contributed by atoms with Crippen LogP contribution in [0.1, 0.15) is 30.6 Å². The average molecular weight is 196 g/mol. The van der Waals surface area contributed by atoms with Crippen LogP contribution in [0.5, 0.6) is 0 Å². The Morgan fingerprint density at radius 1 is 1.54 bits per heavy atom. The van der Waals surface area contributed by atoms with Crippen molar-refractivity contribution in [3.05, 3.63) is 23.4 Å². The Balaban J connectivity index is 2.98. The van der Waals surface area contributed by atoms with E-state index in [4.69, 9.17) is 5.73 Å². The first-order valence-electron chi connectivity index (χ1n) is 4.46. The molecule has 0 aliphatic carbocycles. The number of aromatic nitrogens is 1. The maximum Gasteiger partial charge on any atom is 0.0960 e. The Kier molecular flexibility index (Phi) is 3.75. The lowest BCUT2D eigenvalue weighted by Gasteiger charge is -2.12. The SMILES string of the molecule is CC[C@@H](N)c1ccc(SC)nc1C. The van der Waals surface area contributed by atoms with Gasteiger partial charge in [-0.1, -0.05) is 13.0 Å². The highest BCUT2D eigenvalue weighted by atomic mass is 32.2. The van der Waals surface area contributed by atoms with Gasteiger partial charge in [-0.05, 0) is 31.2 Å². The van der Waals surface area contributed by atoms with E-state index in [9.17, 15) is 0 Å². The molecule has 0 aromatic carbocycles. The second-order valence-corrected chi connectivity index (χ2v) is 3.87. The summed E-state index contributed by atoms with van der Waals surface area (Å²) in [7, 11) is 0. The summed E-state index contributed by atoms with van der Waals surface area (Å²) in [5.74, 6) is 0. The van der Waals surface area contributed by atoms with E-state index >= 15 is 0 Å². The van der Waals surface area contributed by atoms with Gasteiger partial charge >= 0.3 is 0 Å². The van der Waals surface area contributed by atoms with Crippen LogP contribution in [0, 0.1) is 6.92 Å². The quantitative estimate of drug-likeness (QED) is 0.755. The summed E-state index contributed by atoms with van der Waals surface area (Å²) in [6.07, 6.45) is 2.99. The minimum absolute atomic E-state index is 0.128. The highest BCUT2D eigenvalue weighted by Crippen LogP contribution is 2.20. The number of rotatable bonds is 3. The number of pyridine rings is 1. The minimum Gasteiger partial charge on any atom is -0.324 e. The molecule has 0 fully saturated rings. The topological polar surface area (TPSA) is 38.9 Å². The molecule has 13 heavy (non-hydrogen) atoms. The van der Waals surface area contributed by atoms with E-state index in [-0.39, 0.29) is 6.04 Å². The van der Waals surface area contributed by atoms with Crippen LogP contribution in [0.2, 0.25) is 0 Å². The van der Waals surface area contributed by atoms with Crippen molar-refractivity contribution in [3.63, 3.8) is 0 Å². The molecule has 0 bridgehead atoms. The number of nitrogens with zero attached hydrogens (tertiary/aromatic N) is 1. The van der Waals surface area contributed by atoms with Gasteiger partial charge in [0.1, 0.15) is 0 Å². The fourth-order valence-corrected chi connectivity index (χ4v) is 1.71. The van der Waals surface area contributed by atoms with Crippen molar-refractivity contribution in [1.29, 1.82) is 0 Å². The number of nitrogens with two attached hydrogens (primary N) is 1. The van der Waals surface area contributed by atoms with Crippen LogP contribution in [-0.4, -0.2) is 11.2 Å². The lowest BCUT2D eigenvalue weighted by Crippen LogP contribution is -2.11. The molecule has 1 heterocycles. The number of hydrogen-bond donors (Lipinski definition) is 1. The second kappa shape index (κ2) is 4.63. The van der Waals surface area contributed by atoms with Crippen LogP contribution in [0.3, 0.4) is 0 Å². The molecular weight excluding hydrogens is 180 g/mol. The summed E-state index contributed by atoms with van der Waals surface area (Å²) in [5, 5.41) is 1.06. The van der Waals surface area contributed by atoms with Crippen LogP contribution >= 0.6 is 11.8 Å². The summed E-state index contributed by atoms with van der Waals surface area (Å²) >= 11 is 1.66. The third kappa shape index (κ3) is 2.45. The van der Waals surface area contributed by atoms with E-state index in [1.165, 1.54) is 5.56 Å². The Bertz CT molecular complexity index is 286. The summed E-state index contributed by atoms with van der Waals surface area (Å²) in [4.78, 5) is 4.44. The van der Waals surface area contributed by atoms with E-state index in [0.29, 0.717) is 0 Å². The Labute approximate surface area is 83.9 Å². The van der Waals surface area contributed by atoms with Crippen molar-refractivity contribution in [3.8, 4) is 0 Å².